The maximum Gasteiger partial charge on any atom is 0.573 e. The summed E-state index contributed by atoms with van der Waals surface area (Å²) in [6.45, 7) is 6.76. The second-order valence-corrected chi connectivity index (χ2v) is 5.82. The molecule has 6 heteroatoms. The van der Waals surface area contributed by atoms with E-state index in [1.165, 1.54) is 21.3 Å². The number of hydrogen-bond donors (Lipinski definition) is 0. The second-order valence-electron chi connectivity index (χ2n) is 2.99. The smallest absolute Gasteiger partial charge is 0.425 e. The average Bonchev–Trinajstić information content (AvgIpc) is 2.29. The lowest BCUT2D eigenvalue weighted by molar-refractivity contribution is -0.135. The summed E-state index contributed by atoms with van der Waals surface area (Å²) in [7, 11) is 1.25. The monoisotopic (exact) mass is 246 g/mol. The van der Waals surface area contributed by atoms with Crippen molar-refractivity contribution in [2.75, 3.05) is 21.3 Å². The fourth-order valence-electron chi connectivity index (χ4n) is 1.04. The largest absolute Gasteiger partial charge is 0.573 e. The third kappa shape index (κ3) is 3.27. The number of carbonyl (C=O) groups is 1. The molecule has 0 aromatic rings. The molecule has 0 heterocycles. The van der Waals surface area contributed by atoms with Gasteiger partial charge in [0.1, 0.15) is 0 Å². The molecule has 5 nitrogen and oxygen atoms in total. The van der Waals surface area contributed by atoms with E-state index in [4.69, 9.17) is 18.0 Å². The summed E-state index contributed by atoms with van der Waals surface area (Å²) in [5, 5.41) is 0.257. The van der Waals surface area contributed by atoms with E-state index in [0.717, 1.165) is 0 Å². The van der Waals surface area contributed by atoms with Crippen molar-refractivity contribution < 1.29 is 22.8 Å². The number of hydrogen-bond acceptors (Lipinski definition) is 5. The quantitative estimate of drug-likeness (QED) is 0.307. The third-order valence-electron chi connectivity index (χ3n) is 1.92. The molecular weight excluding hydrogens is 228 g/mol. The summed E-state index contributed by atoms with van der Waals surface area (Å²) in [5.74, 6) is -0.531. The van der Waals surface area contributed by atoms with Crippen LogP contribution in [-0.4, -0.2) is 36.1 Å². The highest BCUT2D eigenvalue weighted by Gasteiger charge is 2.46. The van der Waals surface area contributed by atoms with Crippen LogP contribution < -0.4 is 0 Å². The number of esters is 1. The van der Waals surface area contributed by atoms with E-state index in [2.05, 4.69) is 6.58 Å². The fraction of sp³-hybridized carbons (Fsp3) is 0.500. The molecule has 16 heavy (non-hydrogen) atoms. The van der Waals surface area contributed by atoms with Gasteiger partial charge in [0.05, 0.1) is 0 Å². The molecule has 0 saturated heterocycles. The Kier molecular flexibility index (Phi) is 6.20. The summed E-state index contributed by atoms with van der Waals surface area (Å²) >= 11 is 0. The Bertz CT molecular complexity index is 285. The first-order valence-electron chi connectivity index (χ1n) is 4.67. The Morgan fingerprint density at radius 3 is 1.88 bits per heavy atom. The molecule has 0 atom stereocenters. The molecule has 0 saturated carbocycles. The van der Waals surface area contributed by atoms with Crippen LogP contribution in [0.5, 0.6) is 0 Å². The first-order valence-corrected chi connectivity index (χ1v) is 6.39. The lowest BCUT2D eigenvalue weighted by Gasteiger charge is -2.25. The fourth-order valence-corrected chi connectivity index (χ4v) is 2.71. The van der Waals surface area contributed by atoms with Crippen molar-refractivity contribution in [1.29, 1.82) is 0 Å². The maximum absolute atomic E-state index is 11.4. The SMILES string of the molecule is C=C(C)C(=O)OC(=CC)[Si](OC)(OC)OC. The Balaban J connectivity index is 4.98. The van der Waals surface area contributed by atoms with E-state index in [1.54, 1.807) is 19.9 Å². The highest BCUT2D eigenvalue weighted by molar-refractivity contribution is 6.68. The highest BCUT2D eigenvalue weighted by Crippen LogP contribution is 2.19. The van der Waals surface area contributed by atoms with E-state index < -0.39 is 14.8 Å². The molecule has 92 valence electrons. The lowest BCUT2D eigenvalue weighted by Crippen LogP contribution is -2.46. The Morgan fingerprint density at radius 2 is 1.62 bits per heavy atom. The predicted molar refractivity (Wildman–Crippen MR) is 61.4 cm³/mol. The molecule has 0 bridgehead atoms. The Morgan fingerprint density at radius 1 is 1.19 bits per heavy atom. The van der Waals surface area contributed by atoms with Crippen molar-refractivity contribution >= 4 is 14.8 Å². The Hall–Kier alpha value is -0.953. The minimum atomic E-state index is -3.08. The van der Waals surface area contributed by atoms with Gasteiger partial charge in [-0.3, -0.25) is 0 Å². The summed E-state index contributed by atoms with van der Waals surface area (Å²) in [6, 6.07) is 0. The molecule has 0 aliphatic rings. The van der Waals surface area contributed by atoms with Gasteiger partial charge in [0.25, 0.3) is 0 Å². The zero-order valence-corrected chi connectivity index (χ0v) is 11.3. The van der Waals surface area contributed by atoms with Gasteiger partial charge in [-0.05, 0) is 19.9 Å². The molecule has 0 N–H and O–H groups in total. The van der Waals surface area contributed by atoms with E-state index in [-0.39, 0.29) is 5.38 Å². The van der Waals surface area contributed by atoms with Crippen LogP contribution in [0.4, 0.5) is 0 Å². The zero-order valence-electron chi connectivity index (χ0n) is 10.3. The average molecular weight is 246 g/mol. The van der Waals surface area contributed by atoms with Crippen molar-refractivity contribution in [2.45, 2.75) is 13.8 Å². The van der Waals surface area contributed by atoms with Crippen molar-refractivity contribution in [3.8, 4) is 0 Å². The van der Waals surface area contributed by atoms with E-state index in [0.29, 0.717) is 5.57 Å². The predicted octanol–water partition coefficient (Wildman–Crippen LogP) is 1.43. The van der Waals surface area contributed by atoms with Gasteiger partial charge in [-0.15, -0.1) is 0 Å². The van der Waals surface area contributed by atoms with Crippen molar-refractivity contribution in [1.82, 2.24) is 0 Å². The number of rotatable bonds is 6. The molecule has 0 aromatic carbocycles. The third-order valence-corrected chi connectivity index (χ3v) is 4.53. The summed E-state index contributed by atoms with van der Waals surface area (Å²) in [4.78, 5) is 11.4. The van der Waals surface area contributed by atoms with Crippen LogP contribution in [-0.2, 0) is 22.8 Å². The first-order chi connectivity index (χ1) is 7.47. The van der Waals surface area contributed by atoms with Gasteiger partial charge >= 0.3 is 14.8 Å². The molecule has 0 spiro atoms. The van der Waals surface area contributed by atoms with Crippen LogP contribution in [0.15, 0.2) is 23.6 Å². The number of ether oxygens (including phenoxy) is 1. The molecule has 0 aliphatic heterocycles. The molecule has 0 aromatic heterocycles. The van der Waals surface area contributed by atoms with Crippen LogP contribution in [0.3, 0.4) is 0 Å². The molecule has 0 aliphatic carbocycles. The highest BCUT2D eigenvalue weighted by atomic mass is 28.4. The first kappa shape index (κ1) is 15.0. The lowest BCUT2D eigenvalue weighted by atomic mass is 10.4. The van der Waals surface area contributed by atoms with E-state index in [9.17, 15) is 4.79 Å². The number of carbonyl (C=O) groups excluding carboxylic acids is 1. The van der Waals surface area contributed by atoms with Crippen LogP contribution in [0.1, 0.15) is 13.8 Å². The van der Waals surface area contributed by atoms with Crippen LogP contribution in [0, 0.1) is 0 Å². The zero-order chi connectivity index (χ0) is 12.8. The summed E-state index contributed by atoms with van der Waals surface area (Å²) in [6.07, 6.45) is 1.59. The van der Waals surface area contributed by atoms with Crippen molar-refractivity contribution in [3.63, 3.8) is 0 Å². The van der Waals surface area contributed by atoms with E-state index in [1.807, 2.05) is 0 Å². The molecule has 0 fully saturated rings. The number of allylic oxidation sites excluding steroid dienone is 1. The molecule has 0 amide bonds. The van der Waals surface area contributed by atoms with Crippen LogP contribution in [0.25, 0.3) is 0 Å². The van der Waals surface area contributed by atoms with Gasteiger partial charge in [0, 0.05) is 26.9 Å². The normalized spacial score (nSPS) is 12.4. The molecular formula is C10H18O5Si. The molecule has 0 rings (SSSR count). The second kappa shape index (κ2) is 6.59. The minimum Gasteiger partial charge on any atom is -0.425 e. The van der Waals surface area contributed by atoms with Gasteiger partial charge in [-0.1, -0.05) is 6.58 Å². The maximum atomic E-state index is 11.4. The van der Waals surface area contributed by atoms with Gasteiger partial charge in [0.15, 0.2) is 5.38 Å². The summed E-state index contributed by atoms with van der Waals surface area (Å²) in [5.41, 5.74) is 0.297. The standard InChI is InChI=1S/C10H18O5Si/c1-7-9(15-10(11)8(2)3)16(12-4,13-5)14-6/h7H,2H2,1,3-6H3. The van der Waals surface area contributed by atoms with Crippen LogP contribution >= 0.6 is 0 Å². The topological polar surface area (TPSA) is 54.0 Å². The summed E-state index contributed by atoms with van der Waals surface area (Å²) < 4.78 is 20.7. The molecule has 0 unspecified atom stereocenters. The van der Waals surface area contributed by atoms with Gasteiger partial charge in [-0.2, -0.15) is 0 Å². The molecule has 0 radical (unpaired) electrons. The van der Waals surface area contributed by atoms with Crippen LogP contribution in [0.2, 0.25) is 0 Å². The Labute approximate surface area is 97.0 Å². The van der Waals surface area contributed by atoms with Gasteiger partial charge in [-0.25, -0.2) is 4.79 Å². The minimum absolute atomic E-state index is 0.257. The van der Waals surface area contributed by atoms with Crippen molar-refractivity contribution in [3.05, 3.63) is 23.6 Å². The van der Waals surface area contributed by atoms with E-state index >= 15 is 0 Å². The van der Waals surface area contributed by atoms with Gasteiger partial charge < -0.3 is 18.0 Å². The van der Waals surface area contributed by atoms with Crippen molar-refractivity contribution in [2.24, 2.45) is 0 Å². The van der Waals surface area contributed by atoms with Gasteiger partial charge in [0.2, 0.25) is 0 Å².